The molecule has 0 amide bonds. The lowest BCUT2D eigenvalue weighted by molar-refractivity contribution is 0.124. The number of thioether (sulfide) groups is 2. The van der Waals surface area contributed by atoms with Crippen LogP contribution in [0.2, 0.25) is 0 Å². The van der Waals surface area contributed by atoms with Crippen LogP contribution >= 0.6 is 23.5 Å². The minimum Gasteiger partial charge on any atom is -0.508 e. The van der Waals surface area contributed by atoms with Crippen molar-refractivity contribution in [3.63, 3.8) is 0 Å². The van der Waals surface area contributed by atoms with E-state index in [-0.39, 0.29) is 0 Å². The number of fused-ring (bicyclic) bond motifs is 3. The number of phenolic OH excluding ortho intramolecular Hbond substituents is 1. The van der Waals surface area contributed by atoms with E-state index in [0.717, 1.165) is 6.42 Å². The van der Waals surface area contributed by atoms with Gasteiger partial charge >= 0.3 is 0 Å². The molecule has 2 aromatic rings. The highest BCUT2D eigenvalue weighted by atomic mass is 32.2. The smallest absolute Gasteiger partial charge is 0.115 e. The molecular weight excluding hydrogens is 356 g/mol. The van der Waals surface area contributed by atoms with E-state index >= 15 is 0 Å². The highest BCUT2D eigenvalue weighted by Gasteiger charge is 2.57. The SMILES string of the molecule is C[C@@]12CCc3cc(O)ccc3[C@H]1[C@H](c1ccccc1)C1(CC2)SCCS1. The molecule has 0 radical (unpaired) electrons. The first-order valence-corrected chi connectivity index (χ1v) is 11.7. The third kappa shape index (κ3) is 2.54. The van der Waals surface area contributed by atoms with Gasteiger partial charge in [0.15, 0.2) is 0 Å². The molecule has 1 nitrogen and oxygen atoms in total. The molecular formula is C23H26OS2. The van der Waals surface area contributed by atoms with E-state index in [2.05, 4.69) is 66.8 Å². The summed E-state index contributed by atoms with van der Waals surface area (Å²) < 4.78 is 0.317. The Labute approximate surface area is 165 Å². The lowest BCUT2D eigenvalue weighted by atomic mass is 9.53. The van der Waals surface area contributed by atoms with Gasteiger partial charge in [-0.25, -0.2) is 0 Å². The predicted octanol–water partition coefficient (Wildman–Crippen LogP) is 6.18. The van der Waals surface area contributed by atoms with Crippen molar-refractivity contribution in [1.29, 1.82) is 0 Å². The molecule has 0 unspecified atom stereocenters. The van der Waals surface area contributed by atoms with Gasteiger partial charge in [0.2, 0.25) is 0 Å². The van der Waals surface area contributed by atoms with E-state index in [4.69, 9.17) is 0 Å². The zero-order chi connectivity index (χ0) is 17.8. The molecule has 3 atom stereocenters. The number of phenols is 1. The minimum absolute atomic E-state index is 0.317. The summed E-state index contributed by atoms with van der Waals surface area (Å²) in [5.41, 5.74) is 4.74. The topological polar surface area (TPSA) is 20.2 Å². The van der Waals surface area contributed by atoms with Gasteiger partial charge in [0.1, 0.15) is 5.75 Å². The highest BCUT2D eigenvalue weighted by Crippen LogP contribution is 2.69. The first-order chi connectivity index (χ1) is 12.6. The maximum Gasteiger partial charge on any atom is 0.115 e. The Morgan fingerprint density at radius 2 is 1.69 bits per heavy atom. The molecule has 26 heavy (non-hydrogen) atoms. The first-order valence-electron chi connectivity index (χ1n) is 9.76. The minimum atomic E-state index is 0.317. The number of rotatable bonds is 1. The molecule has 3 aliphatic rings. The third-order valence-corrected chi connectivity index (χ3v) is 10.6. The van der Waals surface area contributed by atoms with Crippen LogP contribution in [-0.2, 0) is 6.42 Å². The molecule has 1 aliphatic heterocycles. The summed E-state index contributed by atoms with van der Waals surface area (Å²) in [5, 5.41) is 10.0. The summed E-state index contributed by atoms with van der Waals surface area (Å²) >= 11 is 4.43. The number of hydrogen-bond donors (Lipinski definition) is 1. The van der Waals surface area contributed by atoms with Crippen molar-refractivity contribution >= 4 is 23.5 Å². The summed E-state index contributed by atoms with van der Waals surface area (Å²) in [7, 11) is 0. The first kappa shape index (κ1) is 17.1. The quantitative estimate of drug-likeness (QED) is 0.636. The summed E-state index contributed by atoms with van der Waals surface area (Å²) in [5.74, 6) is 4.06. The number of aryl methyl sites for hydroxylation is 1. The Hall–Kier alpha value is -1.06. The molecule has 1 heterocycles. The molecule has 2 aromatic carbocycles. The zero-order valence-corrected chi connectivity index (χ0v) is 16.9. The molecule has 0 bridgehead atoms. The van der Waals surface area contributed by atoms with Crippen LogP contribution in [0.5, 0.6) is 5.75 Å². The number of aromatic hydroxyl groups is 1. The fourth-order valence-electron chi connectivity index (χ4n) is 5.70. The standard InChI is InChI=1S/C23H26OS2/c1-22-10-9-17-15-18(24)7-8-19(17)21(22)20(16-5-3-2-4-6-16)23(12-11-22)25-13-14-26-23/h2-8,15,20-21,24H,9-14H2,1H3/t20-,21-,22-/m0/s1. The number of benzene rings is 2. The van der Waals surface area contributed by atoms with Crippen molar-refractivity contribution in [2.45, 2.75) is 48.5 Å². The monoisotopic (exact) mass is 382 g/mol. The maximum absolute atomic E-state index is 10.0. The largest absolute Gasteiger partial charge is 0.508 e. The van der Waals surface area contributed by atoms with Crippen LogP contribution in [0.4, 0.5) is 0 Å². The van der Waals surface area contributed by atoms with Crippen LogP contribution in [-0.4, -0.2) is 20.7 Å². The van der Waals surface area contributed by atoms with E-state index in [1.54, 1.807) is 0 Å². The second-order valence-electron chi connectivity index (χ2n) is 8.41. The van der Waals surface area contributed by atoms with E-state index in [9.17, 15) is 5.11 Å². The molecule has 0 aromatic heterocycles. The molecule has 3 heteroatoms. The van der Waals surface area contributed by atoms with Crippen LogP contribution < -0.4 is 0 Å². The Kier molecular flexibility index (Phi) is 4.09. The van der Waals surface area contributed by atoms with Gasteiger partial charge in [-0.3, -0.25) is 0 Å². The van der Waals surface area contributed by atoms with Crippen LogP contribution in [0.1, 0.15) is 54.7 Å². The van der Waals surface area contributed by atoms with Crippen molar-refractivity contribution in [2.24, 2.45) is 5.41 Å². The Morgan fingerprint density at radius 3 is 2.46 bits per heavy atom. The average molecular weight is 383 g/mol. The highest BCUT2D eigenvalue weighted by molar-refractivity contribution is 8.21. The molecule has 1 N–H and O–H groups in total. The van der Waals surface area contributed by atoms with Gasteiger partial charge in [-0.2, -0.15) is 0 Å². The van der Waals surface area contributed by atoms with Gasteiger partial charge in [-0.05, 0) is 65.8 Å². The van der Waals surface area contributed by atoms with Crippen molar-refractivity contribution in [3.05, 3.63) is 65.2 Å². The summed E-state index contributed by atoms with van der Waals surface area (Å²) in [6.07, 6.45) is 4.98. The number of hydrogen-bond acceptors (Lipinski definition) is 3. The fraction of sp³-hybridized carbons (Fsp3) is 0.478. The van der Waals surface area contributed by atoms with Gasteiger partial charge < -0.3 is 5.11 Å². The van der Waals surface area contributed by atoms with Crippen molar-refractivity contribution in [1.82, 2.24) is 0 Å². The Balaban J connectivity index is 1.71. The lowest BCUT2D eigenvalue weighted by Crippen LogP contribution is -2.47. The third-order valence-electron chi connectivity index (χ3n) is 6.96. The average Bonchev–Trinajstić information content (AvgIpc) is 3.12. The predicted molar refractivity (Wildman–Crippen MR) is 113 cm³/mol. The van der Waals surface area contributed by atoms with Crippen LogP contribution in [0.25, 0.3) is 0 Å². The maximum atomic E-state index is 10.0. The van der Waals surface area contributed by atoms with Crippen LogP contribution in [0.3, 0.4) is 0 Å². The molecule has 136 valence electrons. The van der Waals surface area contributed by atoms with E-state index < -0.39 is 0 Å². The van der Waals surface area contributed by atoms with Gasteiger partial charge in [0.05, 0.1) is 4.08 Å². The van der Waals surface area contributed by atoms with Gasteiger partial charge in [0, 0.05) is 17.4 Å². The molecule has 1 saturated heterocycles. The van der Waals surface area contributed by atoms with E-state index in [1.807, 2.05) is 12.1 Å². The molecule has 2 aliphatic carbocycles. The molecule has 1 spiro atoms. The summed E-state index contributed by atoms with van der Waals surface area (Å²) in [4.78, 5) is 0. The second kappa shape index (κ2) is 6.24. The normalized spacial score (nSPS) is 32.2. The molecule has 5 rings (SSSR count). The Morgan fingerprint density at radius 1 is 0.923 bits per heavy atom. The lowest BCUT2D eigenvalue weighted by Gasteiger charge is -2.56. The fourth-order valence-corrected chi connectivity index (χ4v) is 9.28. The summed E-state index contributed by atoms with van der Waals surface area (Å²) in [6.45, 7) is 2.53. The van der Waals surface area contributed by atoms with Crippen molar-refractivity contribution in [3.8, 4) is 5.75 Å². The van der Waals surface area contributed by atoms with Crippen molar-refractivity contribution in [2.75, 3.05) is 11.5 Å². The Bertz CT molecular complexity index is 812. The molecule has 2 fully saturated rings. The van der Waals surface area contributed by atoms with Crippen LogP contribution in [0.15, 0.2) is 48.5 Å². The van der Waals surface area contributed by atoms with E-state index in [0.29, 0.717) is 27.1 Å². The van der Waals surface area contributed by atoms with Crippen molar-refractivity contribution < 1.29 is 5.11 Å². The summed E-state index contributed by atoms with van der Waals surface area (Å²) in [6, 6.07) is 17.4. The van der Waals surface area contributed by atoms with Gasteiger partial charge in [-0.1, -0.05) is 43.3 Å². The van der Waals surface area contributed by atoms with E-state index in [1.165, 1.54) is 47.5 Å². The van der Waals surface area contributed by atoms with Gasteiger partial charge in [-0.15, -0.1) is 23.5 Å². The van der Waals surface area contributed by atoms with Gasteiger partial charge in [0.25, 0.3) is 0 Å². The second-order valence-corrected chi connectivity index (χ2v) is 11.5. The zero-order valence-electron chi connectivity index (χ0n) is 15.3. The van der Waals surface area contributed by atoms with Crippen LogP contribution in [0, 0.1) is 5.41 Å². The molecule has 1 saturated carbocycles.